The van der Waals surface area contributed by atoms with Crippen LogP contribution in [-0.4, -0.2) is 57.0 Å². The second-order valence-electron chi connectivity index (χ2n) is 7.15. The first-order valence-corrected chi connectivity index (χ1v) is 10.2. The highest BCUT2D eigenvalue weighted by Crippen LogP contribution is 2.39. The van der Waals surface area contributed by atoms with Gasteiger partial charge in [-0.25, -0.2) is 14.4 Å². The van der Waals surface area contributed by atoms with Gasteiger partial charge in [0.15, 0.2) is 24.7 Å². The van der Waals surface area contributed by atoms with Crippen LogP contribution in [0.3, 0.4) is 0 Å². The van der Waals surface area contributed by atoms with Crippen molar-refractivity contribution in [1.29, 1.82) is 0 Å². The minimum atomic E-state index is -0.649. The standard InChI is InChI=1S/C22H32O9/c1-7-8-9-27-21-17(28-12-19(23)30-14(2)3)10-16(22(25)26-6)11-18(21)29-13-20(24)31-15(4)5/h10-11,14-15H,7-9,12-13H2,1-6H3. The SMILES string of the molecule is CCCCOc1c(OCC(=O)OC(C)C)cc(C(=O)OC)cc1OCC(=O)OC(C)C. The van der Waals surface area contributed by atoms with Crippen LogP contribution >= 0.6 is 0 Å². The largest absolute Gasteiger partial charge is 0.486 e. The fourth-order valence-corrected chi connectivity index (χ4v) is 2.35. The number of hydrogen-bond donors (Lipinski definition) is 0. The van der Waals surface area contributed by atoms with Gasteiger partial charge in [0, 0.05) is 0 Å². The van der Waals surface area contributed by atoms with E-state index in [4.69, 9.17) is 28.4 Å². The Morgan fingerprint density at radius 2 is 1.32 bits per heavy atom. The molecule has 174 valence electrons. The summed E-state index contributed by atoms with van der Waals surface area (Å²) in [6.45, 7) is 8.42. The summed E-state index contributed by atoms with van der Waals surface area (Å²) < 4.78 is 31.8. The maximum Gasteiger partial charge on any atom is 0.344 e. The monoisotopic (exact) mass is 440 g/mol. The zero-order valence-corrected chi connectivity index (χ0v) is 19.0. The van der Waals surface area contributed by atoms with Crippen LogP contribution in [0.4, 0.5) is 0 Å². The molecule has 1 rings (SSSR count). The van der Waals surface area contributed by atoms with Crippen molar-refractivity contribution in [3.63, 3.8) is 0 Å². The Morgan fingerprint density at radius 3 is 1.71 bits per heavy atom. The lowest BCUT2D eigenvalue weighted by atomic mass is 10.2. The first kappa shape index (κ1) is 26.1. The van der Waals surface area contributed by atoms with Gasteiger partial charge in [-0.15, -0.1) is 0 Å². The molecule has 0 aliphatic rings. The third kappa shape index (κ3) is 9.59. The van der Waals surface area contributed by atoms with Gasteiger partial charge in [0.25, 0.3) is 0 Å². The van der Waals surface area contributed by atoms with Crippen LogP contribution in [0.5, 0.6) is 17.2 Å². The second-order valence-corrected chi connectivity index (χ2v) is 7.15. The van der Waals surface area contributed by atoms with E-state index in [1.165, 1.54) is 19.2 Å². The first-order chi connectivity index (χ1) is 14.7. The molecule has 9 heteroatoms. The summed E-state index contributed by atoms with van der Waals surface area (Å²) in [5, 5.41) is 0. The molecular formula is C22H32O9. The summed E-state index contributed by atoms with van der Waals surface area (Å²) >= 11 is 0. The van der Waals surface area contributed by atoms with Gasteiger partial charge in [-0.3, -0.25) is 0 Å². The second kappa shape index (κ2) is 13.4. The van der Waals surface area contributed by atoms with Gasteiger partial charge >= 0.3 is 17.9 Å². The van der Waals surface area contributed by atoms with Crippen LogP contribution in [0.15, 0.2) is 12.1 Å². The van der Waals surface area contributed by atoms with Crippen molar-refractivity contribution in [3.8, 4) is 17.2 Å². The highest BCUT2D eigenvalue weighted by Gasteiger charge is 2.21. The molecule has 0 aliphatic heterocycles. The van der Waals surface area contributed by atoms with Gasteiger partial charge in [-0.2, -0.15) is 0 Å². The van der Waals surface area contributed by atoms with Crippen molar-refractivity contribution in [1.82, 2.24) is 0 Å². The molecule has 0 spiro atoms. The van der Waals surface area contributed by atoms with Crippen molar-refractivity contribution in [2.75, 3.05) is 26.9 Å². The van der Waals surface area contributed by atoms with E-state index in [1.54, 1.807) is 27.7 Å². The van der Waals surface area contributed by atoms with Crippen LogP contribution in [0, 0.1) is 0 Å². The van der Waals surface area contributed by atoms with Crippen molar-refractivity contribution in [2.45, 2.75) is 59.7 Å². The molecule has 0 N–H and O–H groups in total. The summed E-state index contributed by atoms with van der Waals surface area (Å²) in [4.78, 5) is 35.9. The molecule has 0 bridgehead atoms. The molecular weight excluding hydrogens is 408 g/mol. The van der Waals surface area contributed by atoms with Crippen molar-refractivity contribution in [2.24, 2.45) is 0 Å². The predicted molar refractivity (Wildman–Crippen MR) is 112 cm³/mol. The lowest BCUT2D eigenvalue weighted by Gasteiger charge is -2.18. The molecule has 31 heavy (non-hydrogen) atoms. The fourth-order valence-electron chi connectivity index (χ4n) is 2.35. The Kier molecular flexibility index (Phi) is 11.2. The number of rotatable bonds is 13. The van der Waals surface area contributed by atoms with Crippen LogP contribution in [0.25, 0.3) is 0 Å². The highest BCUT2D eigenvalue weighted by molar-refractivity contribution is 5.91. The molecule has 0 aromatic heterocycles. The van der Waals surface area contributed by atoms with Crippen molar-refractivity contribution >= 4 is 17.9 Å². The molecule has 0 unspecified atom stereocenters. The maximum absolute atomic E-state index is 12.1. The summed E-state index contributed by atoms with van der Waals surface area (Å²) in [6, 6.07) is 2.77. The van der Waals surface area contributed by atoms with E-state index in [0.717, 1.165) is 12.8 Å². The average molecular weight is 440 g/mol. The van der Waals surface area contributed by atoms with Crippen molar-refractivity contribution < 1.29 is 42.8 Å². The van der Waals surface area contributed by atoms with E-state index in [2.05, 4.69) is 0 Å². The first-order valence-electron chi connectivity index (χ1n) is 10.2. The Labute approximate surface area is 182 Å². The number of methoxy groups -OCH3 is 1. The highest BCUT2D eigenvalue weighted by atomic mass is 16.6. The Bertz CT molecular complexity index is 693. The normalized spacial score (nSPS) is 10.6. The van der Waals surface area contributed by atoms with E-state index >= 15 is 0 Å². The Balaban J connectivity index is 3.22. The minimum absolute atomic E-state index is 0.0898. The Morgan fingerprint density at radius 1 is 0.839 bits per heavy atom. The van der Waals surface area contributed by atoms with E-state index in [1.807, 2.05) is 6.92 Å². The minimum Gasteiger partial charge on any atom is -0.486 e. The molecule has 0 saturated carbocycles. The number of carbonyl (C=O) groups excluding carboxylic acids is 3. The number of esters is 3. The van der Waals surface area contributed by atoms with Crippen LogP contribution in [-0.2, 0) is 23.8 Å². The number of unbranched alkanes of at least 4 members (excludes halogenated alkanes) is 1. The number of benzene rings is 1. The zero-order chi connectivity index (χ0) is 23.4. The van der Waals surface area contributed by atoms with E-state index < -0.39 is 31.1 Å². The molecule has 1 aromatic carbocycles. The maximum atomic E-state index is 12.1. The molecule has 0 atom stereocenters. The quantitative estimate of drug-likeness (QED) is 0.259. The average Bonchev–Trinajstić information content (AvgIpc) is 2.69. The third-order valence-electron chi connectivity index (χ3n) is 3.61. The molecule has 0 amide bonds. The topological polar surface area (TPSA) is 107 Å². The summed E-state index contributed by atoms with van der Waals surface area (Å²) in [7, 11) is 1.23. The lowest BCUT2D eigenvalue weighted by Crippen LogP contribution is -2.20. The van der Waals surface area contributed by atoms with Gasteiger partial charge in [0.1, 0.15) is 0 Å². The van der Waals surface area contributed by atoms with Gasteiger partial charge in [0.2, 0.25) is 5.75 Å². The lowest BCUT2D eigenvalue weighted by molar-refractivity contribution is -0.150. The van der Waals surface area contributed by atoms with Crippen LogP contribution < -0.4 is 14.2 Å². The molecule has 0 saturated heterocycles. The third-order valence-corrected chi connectivity index (χ3v) is 3.61. The summed E-state index contributed by atoms with van der Waals surface area (Å²) in [5.74, 6) is -1.47. The van der Waals surface area contributed by atoms with E-state index in [0.29, 0.717) is 6.61 Å². The molecule has 0 radical (unpaired) electrons. The van der Waals surface area contributed by atoms with Gasteiger partial charge in [-0.05, 0) is 46.2 Å². The van der Waals surface area contributed by atoms with Gasteiger partial charge in [-0.1, -0.05) is 13.3 Å². The number of carbonyl (C=O) groups is 3. The summed E-state index contributed by atoms with van der Waals surface area (Å²) in [5.41, 5.74) is 0.102. The van der Waals surface area contributed by atoms with Crippen LogP contribution in [0.2, 0.25) is 0 Å². The zero-order valence-electron chi connectivity index (χ0n) is 19.0. The van der Waals surface area contributed by atoms with Gasteiger partial charge in [0.05, 0.1) is 31.5 Å². The van der Waals surface area contributed by atoms with E-state index in [9.17, 15) is 14.4 Å². The molecule has 0 heterocycles. The molecule has 0 fully saturated rings. The Hall–Kier alpha value is -2.97. The fraction of sp³-hybridized carbons (Fsp3) is 0.591. The number of ether oxygens (including phenoxy) is 6. The number of hydrogen-bond acceptors (Lipinski definition) is 9. The van der Waals surface area contributed by atoms with Crippen molar-refractivity contribution in [3.05, 3.63) is 17.7 Å². The molecule has 1 aromatic rings. The smallest absolute Gasteiger partial charge is 0.344 e. The van der Waals surface area contributed by atoms with Gasteiger partial charge < -0.3 is 28.4 Å². The van der Waals surface area contributed by atoms with Crippen LogP contribution in [0.1, 0.15) is 57.8 Å². The predicted octanol–water partition coefficient (Wildman–Crippen LogP) is 3.31. The molecule has 9 nitrogen and oxygen atoms in total. The summed E-state index contributed by atoms with van der Waals surface area (Å²) in [6.07, 6.45) is 1.03. The van der Waals surface area contributed by atoms with E-state index in [-0.39, 0.29) is 35.0 Å². The molecule has 0 aliphatic carbocycles.